The lowest BCUT2D eigenvalue weighted by molar-refractivity contribution is -0.519. The predicted molar refractivity (Wildman–Crippen MR) is 118 cm³/mol. The van der Waals surface area contributed by atoms with Crippen LogP contribution in [0.1, 0.15) is 38.2 Å². The first kappa shape index (κ1) is 22.6. The highest BCUT2D eigenvalue weighted by Crippen LogP contribution is 2.20. The Kier molecular flexibility index (Phi) is 5.97. The van der Waals surface area contributed by atoms with Crippen molar-refractivity contribution in [2.24, 2.45) is 4.99 Å². The highest BCUT2D eigenvalue weighted by atomic mass is 16.2. The largest absolute Gasteiger partial charge is 0.333 e. The molecule has 33 heavy (non-hydrogen) atoms. The number of carbonyl (C=O) groups is 4. The molecule has 0 spiro atoms. The number of hydrogen-bond donors (Lipinski definition) is 3. The van der Waals surface area contributed by atoms with Crippen molar-refractivity contribution in [1.29, 1.82) is 0 Å². The third-order valence-electron chi connectivity index (χ3n) is 5.85. The van der Waals surface area contributed by atoms with E-state index in [-0.39, 0.29) is 24.3 Å². The molecule has 2 saturated heterocycles. The molecule has 3 aliphatic rings. The van der Waals surface area contributed by atoms with Gasteiger partial charge in [-0.15, -0.1) is 0 Å². The Hall–Kier alpha value is -3.61. The van der Waals surface area contributed by atoms with Gasteiger partial charge in [-0.3, -0.25) is 29.5 Å². The van der Waals surface area contributed by atoms with E-state index in [1.54, 1.807) is 13.0 Å². The van der Waals surface area contributed by atoms with E-state index in [0.717, 1.165) is 17.7 Å². The van der Waals surface area contributed by atoms with E-state index in [4.69, 9.17) is 0 Å². The number of anilines is 1. The monoisotopic (exact) mass is 458 g/mol. The second-order valence-electron chi connectivity index (χ2n) is 8.41. The number of amidine groups is 1. The number of rotatable bonds is 6. The Morgan fingerprint density at radius 2 is 2.03 bits per heavy atom. The normalized spacial score (nSPS) is 25.0. The molecule has 13 nitrogen and oxygen atoms in total. The minimum absolute atomic E-state index is 0.0191. The minimum atomic E-state index is -0.843. The summed E-state index contributed by atoms with van der Waals surface area (Å²) < 4.78 is 3.02. The third-order valence-corrected chi connectivity index (χ3v) is 5.85. The Bertz CT molecular complexity index is 1080. The number of urea groups is 1. The van der Waals surface area contributed by atoms with Crippen LogP contribution in [0, 0.1) is 6.92 Å². The summed E-state index contributed by atoms with van der Waals surface area (Å²) in [5, 5.41) is 13.4. The predicted octanol–water partition coefficient (Wildman–Crippen LogP) is -0.790. The molecular formula is C20H28N9O4+. The van der Waals surface area contributed by atoms with Gasteiger partial charge < -0.3 is 10.6 Å². The summed E-state index contributed by atoms with van der Waals surface area (Å²) in [7, 11) is 2.93. The van der Waals surface area contributed by atoms with Crippen molar-refractivity contribution >= 4 is 41.7 Å². The highest BCUT2D eigenvalue weighted by molar-refractivity contribution is 6.21. The number of amides is 5. The van der Waals surface area contributed by atoms with Gasteiger partial charge >= 0.3 is 6.03 Å². The molecule has 2 fully saturated rings. The van der Waals surface area contributed by atoms with Crippen molar-refractivity contribution in [1.82, 2.24) is 30.2 Å². The molecule has 0 aromatic carbocycles. The SMILES string of the molecule is CCCC1CC(=O)NC(n2nc(C)cc2NC(=O)C[N+]2=CN=C3C2C(=O)N(C)C(=O)N3C)N1. The first-order chi connectivity index (χ1) is 15.7. The maximum Gasteiger partial charge on any atom is 0.333 e. The van der Waals surface area contributed by atoms with Crippen LogP contribution in [0.25, 0.3) is 0 Å². The first-order valence-corrected chi connectivity index (χ1v) is 10.8. The molecule has 4 heterocycles. The van der Waals surface area contributed by atoms with Gasteiger partial charge in [0.1, 0.15) is 5.82 Å². The molecule has 3 unspecified atom stereocenters. The van der Waals surface area contributed by atoms with Crippen LogP contribution in [0.2, 0.25) is 0 Å². The molecular weight excluding hydrogens is 430 g/mol. The summed E-state index contributed by atoms with van der Waals surface area (Å²) in [6.45, 7) is 3.68. The van der Waals surface area contributed by atoms with Gasteiger partial charge in [0.05, 0.1) is 5.69 Å². The van der Waals surface area contributed by atoms with E-state index in [0.29, 0.717) is 17.9 Å². The van der Waals surface area contributed by atoms with Gasteiger partial charge in [0, 0.05) is 32.6 Å². The molecule has 3 aliphatic heterocycles. The van der Waals surface area contributed by atoms with Crippen LogP contribution in [-0.2, 0) is 14.4 Å². The van der Waals surface area contributed by atoms with E-state index in [1.165, 1.54) is 34.6 Å². The topological polar surface area (TPSA) is 144 Å². The van der Waals surface area contributed by atoms with Crippen LogP contribution in [0.4, 0.5) is 10.6 Å². The molecule has 13 heteroatoms. The summed E-state index contributed by atoms with van der Waals surface area (Å²) in [6, 6.07) is 0.406. The van der Waals surface area contributed by atoms with Crippen molar-refractivity contribution in [3.63, 3.8) is 0 Å². The zero-order chi connectivity index (χ0) is 23.9. The average molecular weight is 459 g/mol. The number of fused-ring (bicyclic) bond motifs is 1. The molecule has 0 aliphatic carbocycles. The smallest absolute Gasteiger partial charge is 0.322 e. The lowest BCUT2D eigenvalue weighted by Crippen LogP contribution is -2.61. The number of imide groups is 1. The molecule has 0 radical (unpaired) electrons. The Labute approximate surface area is 190 Å². The van der Waals surface area contributed by atoms with E-state index in [9.17, 15) is 19.2 Å². The van der Waals surface area contributed by atoms with Crippen LogP contribution < -0.4 is 16.0 Å². The molecule has 1 aromatic heterocycles. The molecule has 3 atom stereocenters. The number of carbonyl (C=O) groups excluding carboxylic acids is 4. The van der Waals surface area contributed by atoms with Crippen LogP contribution in [0.3, 0.4) is 0 Å². The lowest BCUT2D eigenvalue weighted by Gasteiger charge is -2.32. The summed E-state index contributed by atoms with van der Waals surface area (Å²) in [4.78, 5) is 56.3. The van der Waals surface area contributed by atoms with Gasteiger partial charge in [-0.25, -0.2) is 14.1 Å². The summed E-state index contributed by atoms with van der Waals surface area (Å²) in [6.07, 6.45) is 2.97. The van der Waals surface area contributed by atoms with E-state index >= 15 is 0 Å². The Morgan fingerprint density at radius 1 is 1.27 bits per heavy atom. The van der Waals surface area contributed by atoms with Crippen molar-refractivity contribution < 1.29 is 23.8 Å². The molecule has 176 valence electrons. The third kappa shape index (κ3) is 4.23. The summed E-state index contributed by atoms with van der Waals surface area (Å²) in [5.74, 6) is -0.237. The molecule has 3 N–H and O–H groups in total. The Balaban J connectivity index is 1.47. The van der Waals surface area contributed by atoms with Crippen molar-refractivity contribution in [2.75, 3.05) is 26.0 Å². The molecule has 1 aromatic rings. The first-order valence-electron chi connectivity index (χ1n) is 10.8. The van der Waals surface area contributed by atoms with Crippen LogP contribution in [0.5, 0.6) is 0 Å². The second-order valence-corrected chi connectivity index (χ2v) is 8.41. The van der Waals surface area contributed by atoms with Crippen molar-refractivity contribution in [2.45, 2.75) is 51.5 Å². The van der Waals surface area contributed by atoms with Gasteiger partial charge in [0.25, 0.3) is 30.0 Å². The number of aromatic nitrogens is 2. The number of nitrogens with zero attached hydrogens (tertiary/aromatic N) is 6. The number of aryl methyl sites for hydroxylation is 1. The number of hydrogen-bond acceptors (Lipinski definition) is 7. The fourth-order valence-electron chi connectivity index (χ4n) is 4.25. The summed E-state index contributed by atoms with van der Waals surface area (Å²) in [5.41, 5.74) is 0.668. The molecule has 0 saturated carbocycles. The zero-order valence-corrected chi connectivity index (χ0v) is 19.0. The van der Waals surface area contributed by atoms with Gasteiger partial charge in [0.2, 0.25) is 5.91 Å². The maximum absolute atomic E-state index is 12.9. The van der Waals surface area contributed by atoms with E-state index < -0.39 is 30.2 Å². The van der Waals surface area contributed by atoms with Crippen LogP contribution in [0.15, 0.2) is 11.1 Å². The van der Waals surface area contributed by atoms with Crippen molar-refractivity contribution in [3.8, 4) is 0 Å². The fourth-order valence-corrected chi connectivity index (χ4v) is 4.25. The zero-order valence-electron chi connectivity index (χ0n) is 19.0. The van der Waals surface area contributed by atoms with Crippen LogP contribution >= 0.6 is 0 Å². The fraction of sp³-hybridized carbons (Fsp3) is 0.550. The molecule has 4 rings (SSSR count). The average Bonchev–Trinajstić information content (AvgIpc) is 3.33. The van der Waals surface area contributed by atoms with Gasteiger partial charge in [0.15, 0.2) is 12.8 Å². The quantitative estimate of drug-likeness (QED) is 0.477. The number of aliphatic imine (C=N–C) groups is 1. The van der Waals surface area contributed by atoms with E-state index in [2.05, 4.69) is 33.0 Å². The standard InChI is InChI=1S/C20H27N9O4/c1-5-6-12-8-14(30)24-19(22-12)29-13(7-11(2)25-29)23-15(31)9-28-10-21-17-16(28)18(32)27(4)20(33)26(17)3/h7,10,12,16,19,22H,5-6,8-9H2,1-4H3,(H-,23,24,25,30,31)/p+1. The van der Waals surface area contributed by atoms with Gasteiger partial charge in [-0.1, -0.05) is 13.3 Å². The Morgan fingerprint density at radius 3 is 2.76 bits per heavy atom. The van der Waals surface area contributed by atoms with Gasteiger partial charge in [-0.2, -0.15) is 5.10 Å². The lowest BCUT2D eigenvalue weighted by atomic mass is 10.1. The maximum atomic E-state index is 12.9. The van der Waals surface area contributed by atoms with Crippen LogP contribution in [-0.4, -0.2) is 92.8 Å². The second kappa shape index (κ2) is 8.73. The number of likely N-dealkylation sites (N-methyl/N-ethyl adjacent to an activating group) is 2. The summed E-state index contributed by atoms with van der Waals surface area (Å²) >= 11 is 0. The van der Waals surface area contributed by atoms with Gasteiger partial charge in [-0.05, 0) is 18.3 Å². The number of nitrogens with one attached hydrogen (secondary N) is 3. The minimum Gasteiger partial charge on any atom is -0.322 e. The molecule has 0 bridgehead atoms. The van der Waals surface area contributed by atoms with E-state index in [1.807, 2.05) is 0 Å². The highest BCUT2D eigenvalue weighted by Gasteiger charge is 2.50. The molecule has 5 amide bonds. The van der Waals surface area contributed by atoms with Crippen molar-refractivity contribution in [3.05, 3.63) is 11.8 Å².